The molecule has 0 saturated heterocycles. The molecule has 9 heteroatoms. The molecule has 0 aliphatic heterocycles. The van der Waals surface area contributed by atoms with Gasteiger partial charge in [0.1, 0.15) is 16.8 Å². The monoisotopic (exact) mass is 391 g/mol. The third-order valence-corrected chi connectivity index (χ3v) is 6.86. The van der Waals surface area contributed by atoms with Gasteiger partial charge in [-0.05, 0) is 35.7 Å². The van der Waals surface area contributed by atoms with Gasteiger partial charge in [-0.3, -0.25) is 9.78 Å². The number of nitrogens with one attached hydrogen (secondary N) is 1. The zero-order valence-electron chi connectivity index (χ0n) is 13.4. The highest BCUT2D eigenvalue weighted by atomic mass is 32.2. The van der Waals surface area contributed by atoms with Gasteiger partial charge in [-0.1, -0.05) is 6.07 Å². The van der Waals surface area contributed by atoms with Crippen LogP contribution in [0, 0.1) is 5.82 Å². The van der Waals surface area contributed by atoms with E-state index in [-0.39, 0.29) is 17.1 Å². The molecule has 2 heterocycles. The van der Waals surface area contributed by atoms with E-state index in [1.54, 1.807) is 17.5 Å². The van der Waals surface area contributed by atoms with Crippen molar-refractivity contribution in [2.75, 3.05) is 6.54 Å². The number of amides is 1. The molecule has 0 bridgehead atoms. The lowest BCUT2D eigenvalue weighted by Crippen LogP contribution is -2.32. The van der Waals surface area contributed by atoms with Crippen LogP contribution in [0.4, 0.5) is 4.39 Å². The van der Waals surface area contributed by atoms with Gasteiger partial charge in [0.05, 0.1) is 11.1 Å². The van der Waals surface area contributed by atoms with Gasteiger partial charge < -0.3 is 5.32 Å². The fourth-order valence-electron chi connectivity index (χ4n) is 2.32. The fourth-order valence-corrected chi connectivity index (χ4v) is 5.10. The Hall–Kier alpha value is -2.65. The maximum atomic E-state index is 13.1. The number of carbonyl (C=O) groups excluding carboxylic acids is 1. The zero-order chi connectivity index (χ0) is 18.6. The zero-order valence-corrected chi connectivity index (χ0v) is 15.0. The normalized spacial score (nSPS) is 12.5. The van der Waals surface area contributed by atoms with Crippen LogP contribution in [0.3, 0.4) is 0 Å². The van der Waals surface area contributed by atoms with Crippen LogP contribution in [-0.4, -0.2) is 30.8 Å². The number of nitrogens with zero attached hydrogens (tertiary/aromatic N) is 2. The molecule has 0 aliphatic rings. The lowest BCUT2D eigenvalue weighted by atomic mass is 10.3. The summed E-state index contributed by atoms with van der Waals surface area (Å²) in [4.78, 5) is 20.4. The number of carbonyl (C=O) groups is 1. The van der Waals surface area contributed by atoms with Gasteiger partial charge >= 0.3 is 0 Å². The second kappa shape index (κ2) is 7.71. The molecule has 0 unspecified atom stereocenters. The molecule has 26 heavy (non-hydrogen) atoms. The molecule has 0 saturated carbocycles. The average molecular weight is 391 g/mol. The van der Waals surface area contributed by atoms with Gasteiger partial charge in [0.15, 0.2) is 9.84 Å². The second-order valence-electron chi connectivity index (χ2n) is 5.30. The third-order valence-electron chi connectivity index (χ3n) is 3.62. The van der Waals surface area contributed by atoms with Crippen molar-refractivity contribution in [3.63, 3.8) is 0 Å². The molecule has 1 N–H and O–H groups in total. The molecule has 1 atom stereocenters. The topological polar surface area (TPSA) is 89.0 Å². The van der Waals surface area contributed by atoms with Crippen LogP contribution in [0.5, 0.6) is 0 Å². The molecule has 2 aromatic heterocycles. The minimum Gasteiger partial charge on any atom is -0.349 e. The number of halogens is 1. The second-order valence-corrected chi connectivity index (χ2v) is 8.41. The van der Waals surface area contributed by atoms with Gasteiger partial charge in [0.2, 0.25) is 0 Å². The predicted molar refractivity (Wildman–Crippen MR) is 95.0 cm³/mol. The van der Waals surface area contributed by atoms with Gasteiger partial charge in [-0.2, -0.15) is 0 Å². The molecule has 3 aromatic rings. The highest BCUT2D eigenvalue weighted by molar-refractivity contribution is 7.91. The van der Waals surface area contributed by atoms with Crippen LogP contribution in [0.15, 0.2) is 65.3 Å². The molecular formula is C17H14FN3O3S2. The highest BCUT2D eigenvalue weighted by Gasteiger charge is 2.30. The quantitative estimate of drug-likeness (QED) is 0.653. The Kier molecular flexibility index (Phi) is 5.38. The van der Waals surface area contributed by atoms with Crippen molar-refractivity contribution in [1.82, 2.24) is 15.3 Å². The smallest absolute Gasteiger partial charge is 0.271 e. The Balaban J connectivity index is 1.86. The van der Waals surface area contributed by atoms with Crippen molar-refractivity contribution in [2.45, 2.75) is 10.1 Å². The Bertz CT molecular complexity index is 976. The molecule has 6 nitrogen and oxygen atoms in total. The van der Waals surface area contributed by atoms with E-state index in [2.05, 4.69) is 15.3 Å². The van der Waals surface area contributed by atoms with Gasteiger partial charge in [0.25, 0.3) is 5.91 Å². The van der Waals surface area contributed by atoms with E-state index >= 15 is 0 Å². The Labute approximate surface area is 153 Å². The number of aromatic nitrogens is 2. The first-order chi connectivity index (χ1) is 12.5. The predicted octanol–water partition coefficient (Wildman–Crippen LogP) is 2.62. The summed E-state index contributed by atoms with van der Waals surface area (Å²) in [7, 11) is -3.83. The van der Waals surface area contributed by atoms with Crippen molar-refractivity contribution in [3.05, 3.63) is 76.8 Å². The van der Waals surface area contributed by atoms with E-state index in [1.165, 1.54) is 42.1 Å². The summed E-state index contributed by atoms with van der Waals surface area (Å²) in [6, 6.07) is 8.04. The molecule has 3 rings (SSSR count). The number of rotatable bonds is 6. The number of hydrogen-bond donors (Lipinski definition) is 1. The molecular weight excluding hydrogens is 377 g/mol. The maximum Gasteiger partial charge on any atom is 0.271 e. The SMILES string of the molecule is O=C(NC[C@@H](c1cccs1)S(=O)(=O)c1ccc(F)cc1)c1cnccn1. The van der Waals surface area contributed by atoms with Crippen LogP contribution < -0.4 is 5.32 Å². The molecule has 0 fully saturated rings. The van der Waals surface area contributed by atoms with Crippen LogP contribution in [-0.2, 0) is 9.84 Å². The van der Waals surface area contributed by atoms with E-state index < -0.39 is 26.8 Å². The summed E-state index contributed by atoms with van der Waals surface area (Å²) in [5.41, 5.74) is 0.0941. The summed E-state index contributed by atoms with van der Waals surface area (Å²) in [6.07, 6.45) is 4.11. The molecule has 0 aliphatic carbocycles. The number of hydrogen-bond acceptors (Lipinski definition) is 6. The summed E-state index contributed by atoms with van der Waals surface area (Å²) in [5, 5.41) is 3.35. The Morgan fingerprint density at radius 2 is 1.96 bits per heavy atom. The van der Waals surface area contributed by atoms with Crippen molar-refractivity contribution in [2.24, 2.45) is 0 Å². The van der Waals surface area contributed by atoms with Crippen LogP contribution >= 0.6 is 11.3 Å². The van der Waals surface area contributed by atoms with Crippen molar-refractivity contribution >= 4 is 27.1 Å². The first-order valence-electron chi connectivity index (χ1n) is 7.55. The third kappa shape index (κ3) is 3.94. The first-order valence-corrected chi connectivity index (χ1v) is 9.98. The Morgan fingerprint density at radius 1 is 1.19 bits per heavy atom. The molecule has 0 radical (unpaired) electrons. The Morgan fingerprint density at radius 3 is 2.58 bits per heavy atom. The number of sulfone groups is 1. The summed E-state index contributed by atoms with van der Waals surface area (Å²) >= 11 is 1.27. The van der Waals surface area contributed by atoms with E-state index in [9.17, 15) is 17.6 Å². The van der Waals surface area contributed by atoms with Crippen LogP contribution in [0.1, 0.15) is 20.6 Å². The molecule has 1 aromatic carbocycles. The lowest BCUT2D eigenvalue weighted by Gasteiger charge is -2.17. The molecule has 1 amide bonds. The minimum absolute atomic E-state index is 0.00829. The first kappa shape index (κ1) is 18.2. The molecule has 0 spiro atoms. The molecule has 134 valence electrons. The van der Waals surface area contributed by atoms with Crippen LogP contribution in [0.2, 0.25) is 0 Å². The summed E-state index contributed by atoms with van der Waals surface area (Å²) in [5.74, 6) is -1.04. The summed E-state index contributed by atoms with van der Waals surface area (Å²) < 4.78 is 39.1. The number of benzene rings is 1. The maximum absolute atomic E-state index is 13.1. The minimum atomic E-state index is -3.83. The largest absolute Gasteiger partial charge is 0.349 e. The van der Waals surface area contributed by atoms with E-state index in [0.29, 0.717) is 4.88 Å². The highest BCUT2D eigenvalue weighted by Crippen LogP contribution is 2.31. The van der Waals surface area contributed by atoms with Crippen molar-refractivity contribution in [1.29, 1.82) is 0 Å². The fraction of sp³-hybridized carbons (Fsp3) is 0.118. The van der Waals surface area contributed by atoms with E-state index in [0.717, 1.165) is 12.1 Å². The summed E-state index contributed by atoms with van der Waals surface area (Å²) in [6.45, 7) is -0.143. The number of thiophene rings is 1. The van der Waals surface area contributed by atoms with E-state index in [4.69, 9.17) is 0 Å². The van der Waals surface area contributed by atoms with Crippen LogP contribution in [0.25, 0.3) is 0 Å². The van der Waals surface area contributed by atoms with Gasteiger partial charge in [-0.25, -0.2) is 17.8 Å². The van der Waals surface area contributed by atoms with E-state index in [1.807, 2.05) is 0 Å². The lowest BCUT2D eigenvalue weighted by molar-refractivity contribution is 0.0948. The standard InChI is InChI=1S/C17H14FN3O3S2/c18-12-3-5-13(6-4-12)26(23,24)16(15-2-1-9-25-15)11-21-17(22)14-10-19-7-8-20-14/h1-10,16H,11H2,(H,21,22)/t16-/m0/s1. The van der Waals surface area contributed by atoms with Crippen molar-refractivity contribution < 1.29 is 17.6 Å². The van der Waals surface area contributed by atoms with Crippen molar-refractivity contribution in [3.8, 4) is 0 Å². The van der Waals surface area contributed by atoms with Gasteiger partial charge in [0, 0.05) is 23.8 Å². The average Bonchev–Trinajstić information content (AvgIpc) is 3.17. The van der Waals surface area contributed by atoms with Gasteiger partial charge in [-0.15, -0.1) is 11.3 Å².